The maximum absolute atomic E-state index is 2.51. The standard InChI is InChI=1S/C42H40S2/c1-3-5-7-17-34-32-19-11-12-20-33(32)35(18-8-6-4-2)38-28-30(22-23-36(34)38)39-24-26-41(43-39)42-27-25-40(44-42)37-21-13-15-29-14-9-10-16-31(29)37/h9-16,19-28H,3-8,17-18H2,1-2H3. The minimum Gasteiger partial charge on any atom is -0.134 e. The van der Waals surface area contributed by atoms with Crippen molar-refractivity contribution in [2.24, 2.45) is 0 Å². The molecule has 0 saturated heterocycles. The first-order valence-corrected chi connectivity index (χ1v) is 18.0. The number of fused-ring (bicyclic) bond motifs is 3. The number of thiophene rings is 2. The highest BCUT2D eigenvalue weighted by atomic mass is 32.1. The number of hydrogen-bond donors (Lipinski definition) is 0. The zero-order chi connectivity index (χ0) is 29.9. The maximum atomic E-state index is 2.51. The predicted molar refractivity (Wildman–Crippen MR) is 197 cm³/mol. The van der Waals surface area contributed by atoms with Gasteiger partial charge in [-0.15, -0.1) is 22.7 Å². The van der Waals surface area contributed by atoms with E-state index in [9.17, 15) is 0 Å². The van der Waals surface area contributed by atoms with E-state index in [1.165, 1.54) is 101 Å². The lowest BCUT2D eigenvalue weighted by molar-refractivity contribution is 0.719. The summed E-state index contributed by atoms with van der Waals surface area (Å²) in [4.78, 5) is 5.37. The summed E-state index contributed by atoms with van der Waals surface area (Å²) in [6.45, 7) is 4.60. The van der Waals surface area contributed by atoms with Gasteiger partial charge in [-0.1, -0.05) is 118 Å². The third-order valence-electron chi connectivity index (χ3n) is 9.10. The van der Waals surface area contributed by atoms with Crippen LogP contribution >= 0.6 is 22.7 Å². The Labute approximate surface area is 270 Å². The molecule has 0 spiro atoms. The maximum Gasteiger partial charge on any atom is 0.0449 e. The Morgan fingerprint density at radius 1 is 0.432 bits per heavy atom. The average molecular weight is 609 g/mol. The zero-order valence-corrected chi connectivity index (χ0v) is 27.5. The van der Waals surface area contributed by atoms with Crippen LogP contribution in [0.5, 0.6) is 0 Å². The Morgan fingerprint density at radius 2 is 0.977 bits per heavy atom. The Morgan fingerprint density at radius 3 is 1.68 bits per heavy atom. The first kappa shape index (κ1) is 29.0. The molecule has 0 atom stereocenters. The molecule has 0 N–H and O–H groups in total. The van der Waals surface area contributed by atoms with Crippen LogP contribution in [0.3, 0.4) is 0 Å². The summed E-state index contributed by atoms with van der Waals surface area (Å²) in [7, 11) is 0. The molecule has 0 unspecified atom stereocenters. The molecular weight excluding hydrogens is 569 g/mol. The van der Waals surface area contributed by atoms with E-state index in [1.807, 2.05) is 22.7 Å². The molecular formula is C42H40S2. The van der Waals surface area contributed by atoms with Gasteiger partial charge in [0.1, 0.15) is 0 Å². The topological polar surface area (TPSA) is 0 Å². The molecule has 0 amide bonds. The van der Waals surface area contributed by atoms with E-state index in [0.29, 0.717) is 0 Å². The third-order valence-corrected chi connectivity index (χ3v) is 11.6. The molecule has 2 aromatic heterocycles. The van der Waals surface area contributed by atoms with Crippen LogP contribution in [-0.2, 0) is 12.8 Å². The quantitative estimate of drug-likeness (QED) is 0.101. The van der Waals surface area contributed by atoms with Crippen molar-refractivity contribution in [1.29, 1.82) is 0 Å². The lowest BCUT2D eigenvalue weighted by atomic mass is 9.86. The van der Waals surface area contributed by atoms with E-state index >= 15 is 0 Å². The van der Waals surface area contributed by atoms with E-state index in [0.717, 1.165) is 12.8 Å². The molecule has 5 aromatic carbocycles. The molecule has 220 valence electrons. The second-order valence-corrected chi connectivity index (χ2v) is 14.2. The summed E-state index contributed by atoms with van der Waals surface area (Å²) in [6, 6.07) is 41.1. The minimum atomic E-state index is 1.14. The van der Waals surface area contributed by atoms with Crippen molar-refractivity contribution in [1.82, 2.24) is 0 Å². The van der Waals surface area contributed by atoms with Crippen LogP contribution in [0.1, 0.15) is 63.5 Å². The lowest BCUT2D eigenvalue weighted by Crippen LogP contribution is -1.97. The van der Waals surface area contributed by atoms with Crippen molar-refractivity contribution < 1.29 is 0 Å². The molecule has 0 aliphatic rings. The third kappa shape index (κ3) is 5.62. The molecule has 0 aliphatic carbocycles. The minimum absolute atomic E-state index is 1.14. The molecule has 0 nitrogen and oxygen atoms in total. The summed E-state index contributed by atoms with van der Waals surface area (Å²) < 4.78 is 0. The monoisotopic (exact) mass is 608 g/mol. The summed E-state index contributed by atoms with van der Waals surface area (Å²) in [5.74, 6) is 0. The largest absolute Gasteiger partial charge is 0.134 e. The van der Waals surface area contributed by atoms with E-state index in [4.69, 9.17) is 0 Å². The van der Waals surface area contributed by atoms with Gasteiger partial charge in [0.15, 0.2) is 0 Å². The van der Waals surface area contributed by atoms with Gasteiger partial charge < -0.3 is 0 Å². The second kappa shape index (κ2) is 13.1. The number of hydrogen-bond acceptors (Lipinski definition) is 2. The Kier molecular flexibility index (Phi) is 8.64. The van der Waals surface area contributed by atoms with Crippen LogP contribution in [0, 0.1) is 0 Å². The molecule has 2 heterocycles. The van der Waals surface area contributed by atoms with E-state index in [1.54, 1.807) is 11.1 Å². The predicted octanol–water partition coefficient (Wildman–Crippen LogP) is 13.7. The number of benzene rings is 5. The first-order chi connectivity index (χ1) is 21.7. The Hall–Kier alpha value is -3.72. The summed E-state index contributed by atoms with van der Waals surface area (Å²) in [5.41, 5.74) is 5.75. The SMILES string of the molecule is CCCCCc1c2ccccc2c(CCCCC)c2cc(-c3ccc(-c4ccc(-c5cccc6ccccc56)s4)s3)ccc12. The van der Waals surface area contributed by atoms with Crippen LogP contribution in [-0.4, -0.2) is 0 Å². The molecule has 0 bridgehead atoms. The van der Waals surface area contributed by atoms with E-state index in [-0.39, 0.29) is 0 Å². The average Bonchev–Trinajstić information content (AvgIpc) is 3.76. The normalized spacial score (nSPS) is 11.7. The smallest absolute Gasteiger partial charge is 0.0449 e. The number of unbranched alkanes of at least 4 members (excludes halogenated alkanes) is 4. The zero-order valence-electron chi connectivity index (χ0n) is 25.9. The second-order valence-electron chi connectivity index (χ2n) is 12.0. The van der Waals surface area contributed by atoms with Crippen LogP contribution in [0.4, 0.5) is 0 Å². The van der Waals surface area contributed by atoms with Gasteiger partial charge >= 0.3 is 0 Å². The Bertz CT molecular complexity index is 2050. The van der Waals surface area contributed by atoms with Gasteiger partial charge in [-0.05, 0) is 111 Å². The van der Waals surface area contributed by atoms with Gasteiger partial charge in [-0.3, -0.25) is 0 Å². The van der Waals surface area contributed by atoms with Crippen molar-refractivity contribution in [2.45, 2.75) is 65.2 Å². The van der Waals surface area contributed by atoms with Crippen LogP contribution in [0.15, 0.2) is 109 Å². The molecule has 7 rings (SSSR count). The van der Waals surface area contributed by atoms with Gasteiger partial charge in [0.05, 0.1) is 0 Å². The molecule has 7 aromatic rings. The summed E-state index contributed by atoms with van der Waals surface area (Å²) in [6.07, 6.45) is 9.87. The van der Waals surface area contributed by atoms with E-state index in [2.05, 4.69) is 123 Å². The van der Waals surface area contributed by atoms with E-state index < -0.39 is 0 Å². The molecule has 0 aliphatic heterocycles. The fourth-order valence-electron chi connectivity index (χ4n) is 6.83. The van der Waals surface area contributed by atoms with Crippen LogP contribution in [0.25, 0.3) is 63.0 Å². The molecule has 0 radical (unpaired) electrons. The van der Waals surface area contributed by atoms with Crippen molar-refractivity contribution in [2.75, 3.05) is 0 Å². The van der Waals surface area contributed by atoms with Crippen molar-refractivity contribution >= 4 is 55.0 Å². The first-order valence-electron chi connectivity index (χ1n) is 16.4. The van der Waals surface area contributed by atoms with Gasteiger partial charge in [0, 0.05) is 19.5 Å². The summed E-state index contributed by atoms with van der Waals surface area (Å²) in [5, 5.41) is 8.48. The highest BCUT2D eigenvalue weighted by Gasteiger charge is 2.16. The van der Waals surface area contributed by atoms with Crippen LogP contribution < -0.4 is 0 Å². The Balaban J connectivity index is 1.28. The molecule has 44 heavy (non-hydrogen) atoms. The number of rotatable bonds is 11. The lowest BCUT2D eigenvalue weighted by Gasteiger charge is -2.18. The summed E-state index contributed by atoms with van der Waals surface area (Å²) >= 11 is 3.82. The molecule has 0 fully saturated rings. The highest BCUT2D eigenvalue weighted by Crippen LogP contribution is 2.43. The molecule has 2 heteroatoms. The van der Waals surface area contributed by atoms with Gasteiger partial charge in [0.25, 0.3) is 0 Å². The van der Waals surface area contributed by atoms with Crippen LogP contribution in [0.2, 0.25) is 0 Å². The van der Waals surface area contributed by atoms with Crippen molar-refractivity contribution in [3.8, 4) is 30.6 Å². The highest BCUT2D eigenvalue weighted by molar-refractivity contribution is 7.25. The number of aryl methyl sites for hydroxylation is 2. The van der Waals surface area contributed by atoms with Gasteiger partial charge in [0.2, 0.25) is 0 Å². The van der Waals surface area contributed by atoms with Gasteiger partial charge in [-0.2, -0.15) is 0 Å². The van der Waals surface area contributed by atoms with Crippen molar-refractivity contribution in [3.63, 3.8) is 0 Å². The van der Waals surface area contributed by atoms with Gasteiger partial charge in [-0.25, -0.2) is 0 Å². The fraction of sp³-hybridized carbons (Fsp3) is 0.238. The van der Waals surface area contributed by atoms with Crippen molar-refractivity contribution in [3.05, 3.63) is 120 Å². The molecule has 0 saturated carbocycles. The fourth-order valence-corrected chi connectivity index (χ4v) is 8.97.